The summed E-state index contributed by atoms with van der Waals surface area (Å²) in [6, 6.07) is 3.82. The van der Waals surface area contributed by atoms with Crippen molar-refractivity contribution in [2.45, 2.75) is 43.2 Å². The Bertz CT molecular complexity index is 1660. The van der Waals surface area contributed by atoms with E-state index in [1.54, 1.807) is 5.10 Å². The lowest BCUT2D eigenvalue weighted by molar-refractivity contribution is -0.140. The monoisotopic (exact) mass is 569 g/mol. The average Bonchev–Trinajstić information content (AvgIpc) is 2.85. The highest BCUT2D eigenvalue weighted by Gasteiger charge is 2.38. The third kappa shape index (κ3) is 6.19. The van der Waals surface area contributed by atoms with E-state index < -0.39 is 70.5 Å². The van der Waals surface area contributed by atoms with Crippen molar-refractivity contribution in [1.29, 1.82) is 0 Å². The molecule has 0 saturated carbocycles. The number of nitrogens with one attached hydrogen (secondary N) is 1. The third-order valence-electron chi connectivity index (χ3n) is 5.68. The molecule has 4 aromatic rings. The zero-order chi connectivity index (χ0) is 28.5. The molecule has 0 fully saturated rings. The van der Waals surface area contributed by atoms with Crippen LogP contribution in [-0.2, 0) is 23.5 Å². The fourth-order valence-electron chi connectivity index (χ4n) is 3.88. The number of aromatic amines is 1. The number of pyridine rings is 1. The lowest BCUT2D eigenvalue weighted by atomic mass is 10.1. The molecule has 39 heavy (non-hydrogen) atoms. The Labute approximate surface area is 219 Å². The van der Waals surface area contributed by atoms with E-state index in [0.29, 0.717) is 16.5 Å². The van der Waals surface area contributed by atoms with Gasteiger partial charge in [-0.05, 0) is 30.5 Å². The molecule has 4 rings (SSSR count). The first-order valence-electron chi connectivity index (χ1n) is 11.3. The Morgan fingerprint density at radius 3 is 2.49 bits per heavy atom. The first kappa shape index (κ1) is 28.0. The Morgan fingerprint density at radius 1 is 1.15 bits per heavy atom. The third-order valence-corrected chi connectivity index (χ3v) is 6.56. The summed E-state index contributed by atoms with van der Waals surface area (Å²) in [7, 11) is -1.32. The number of nitrogens with zero attached hydrogens (tertiary/aromatic N) is 4. The Balaban J connectivity index is 1.51. The van der Waals surface area contributed by atoms with E-state index in [2.05, 4.69) is 15.1 Å². The number of fused-ring (bicyclic) bond motifs is 1. The van der Waals surface area contributed by atoms with Gasteiger partial charge in [-0.15, -0.1) is 0 Å². The summed E-state index contributed by atoms with van der Waals surface area (Å²) in [5, 5.41) is 5.27. The van der Waals surface area contributed by atoms with Gasteiger partial charge in [0.05, 0.1) is 45.5 Å². The van der Waals surface area contributed by atoms with Gasteiger partial charge in [0.2, 0.25) is 0 Å². The van der Waals surface area contributed by atoms with Crippen LogP contribution in [0.15, 0.2) is 57.5 Å². The molecule has 0 aliphatic carbocycles. The molecule has 3 aromatic heterocycles. The van der Waals surface area contributed by atoms with E-state index in [9.17, 15) is 35.8 Å². The van der Waals surface area contributed by atoms with Crippen LogP contribution in [0.25, 0.3) is 22.2 Å². The summed E-state index contributed by atoms with van der Waals surface area (Å²) in [6.07, 6.45) is -2.24. The van der Waals surface area contributed by atoms with Gasteiger partial charge in [-0.1, -0.05) is 0 Å². The topological polar surface area (TPSA) is 120 Å². The molecule has 1 N–H and O–H groups in total. The number of halogens is 5. The number of H-pyrrole nitrogens is 1. The van der Waals surface area contributed by atoms with E-state index in [-0.39, 0.29) is 16.8 Å². The maximum atomic E-state index is 14.9. The molecule has 0 aliphatic heterocycles. The zero-order valence-electron chi connectivity index (χ0n) is 20.3. The molecule has 0 bridgehead atoms. The number of benzene rings is 1. The molecule has 9 nitrogen and oxygen atoms in total. The number of rotatable bonds is 8. The number of ether oxygens (including phenoxy) is 1. The van der Waals surface area contributed by atoms with Crippen molar-refractivity contribution >= 4 is 21.6 Å². The maximum absolute atomic E-state index is 14.9. The van der Waals surface area contributed by atoms with Gasteiger partial charge < -0.3 is 9.30 Å². The van der Waals surface area contributed by atoms with Crippen molar-refractivity contribution in [3.63, 3.8) is 0 Å². The minimum absolute atomic E-state index is 0.00916. The van der Waals surface area contributed by atoms with Crippen LogP contribution in [0.5, 0.6) is 5.75 Å². The van der Waals surface area contributed by atoms with Crippen LogP contribution in [0, 0.1) is 5.82 Å². The fraction of sp³-hybridized carbons (Fsp3) is 0.292. The Kier molecular flexibility index (Phi) is 7.90. The van der Waals surface area contributed by atoms with Crippen molar-refractivity contribution in [3.8, 4) is 17.1 Å². The molecule has 206 valence electrons. The molecular formula is C24H20F5N5O4S. The first-order valence-corrected chi connectivity index (χ1v) is 12.8. The lowest BCUT2D eigenvalue weighted by Gasteiger charge is -2.19. The van der Waals surface area contributed by atoms with Gasteiger partial charge >= 0.3 is 6.18 Å². The van der Waals surface area contributed by atoms with Gasteiger partial charge in [0.25, 0.3) is 11.1 Å². The highest BCUT2D eigenvalue weighted by atomic mass is 32.2. The smallest absolute Gasteiger partial charge is 0.425 e. The standard InChI is InChI=1S/C24H20F5N5O4S/c1-12(38-19-10-32-33-22(35)20(19)24(27,28)29)5-14(25)11-34-4-3-13-6-17(18(26)7-16(13)23(34)36)21-30-8-15(9-31-21)39(2)37/h3-4,6-10,12,14H,5,11H2,1-2H3,(H,33,35). The fourth-order valence-corrected chi connectivity index (χ4v) is 4.28. The van der Waals surface area contributed by atoms with Crippen molar-refractivity contribution in [2.24, 2.45) is 0 Å². The van der Waals surface area contributed by atoms with Crippen LogP contribution in [0.3, 0.4) is 0 Å². The SMILES string of the molecule is CC(CC(F)Cn1ccc2cc(-c3ncc(S(C)=O)cn3)c(F)cc2c1=O)Oc1cn[nH]c(=O)c1C(F)(F)F. The van der Waals surface area contributed by atoms with Gasteiger partial charge in [0.1, 0.15) is 12.0 Å². The summed E-state index contributed by atoms with van der Waals surface area (Å²) >= 11 is 0. The van der Waals surface area contributed by atoms with Crippen LogP contribution in [0.4, 0.5) is 22.0 Å². The average molecular weight is 570 g/mol. The zero-order valence-corrected chi connectivity index (χ0v) is 21.1. The normalized spacial score (nSPS) is 14.2. The summed E-state index contributed by atoms with van der Waals surface area (Å²) in [5.74, 6) is -1.62. The Hall–Kier alpha value is -4.01. The molecule has 1 aromatic carbocycles. The molecule has 0 spiro atoms. The molecule has 3 unspecified atom stereocenters. The molecule has 3 heterocycles. The second kappa shape index (κ2) is 11.0. The quantitative estimate of drug-likeness (QED) is 0.322. The van der Waals surface area contributed by atoms with E-state index in [1.807, 2.05) is 0 Å². The van der Waals surface area contributed by atoms with Crippen LogP contribution < -0.4 is 15.9 Å². The summed E-state index contributed by atoms with van der Waals surface area (Å²) < 4.78 is 87.0. The van der Waals surface area contributed by atoms with Gasteiger partial charge in [-0.25, -0.2) is 23.8 Å². The van der Waals surface area contributed by atoms with E-state index >= 15 is 0 Å². The predicted molar refractivity (Wildman–Crippen MR) is 131 cm³/mol. The van der Waals surface area contributed by atoms with E-state index in [1.165, 1.54) is 43.9 Å². The highest BCUT2D eigenvalue weighted by molar-refractivity contribution is 7.84. The summed E-state index contributed by atoms with van der Waals surface area (Å²) in [6.45, 7) is 0.824. The number of hydrogen-bond acceptors (Lipinski definition) is 7. The van der Waals surface area contributed by atoms with E-state index in [0.717, 1.165) is 10.6 Å². The van der Waals surface area contributed by atoms with Gasteiger partial charge in [-0.3, -0.25) is 13.8 Å². The molecule has 0 aliphatic rings. The van der Waals surface area contributed by atoms with Crippen LogP contribution in [0.2, 0.25) is 0 Å². The van der Waals surface area contributed by atoms with Crippen molar-refractivity contribution in [3.05, 3.63) is 75.1 Å². The molecule has 0 saturated heterocycles. The number of hydrogen-bond donors (Lipinski definition) is 1. The Morgan fingerprint density at radius 2 is 1.85 bits per heavy atom. The highest BCUT2D eigenvalue weighted by Crippen LogP contribution is 2.33. The minimum Gasteiger partial charge on any atom is -0.488 e. The molecule has 0 amide bonds. The summed E-state index contributed by atoms with van der Waals surface area (Å²) in [5.41, 5.74) is -3.77. The molecule has 3 atom stereocenters. The van der Waals surface area contributed by atoms with Crippen LogP contribution >= 0.6 is 0 Å². The number of alkyl halides is 4. The number of aromatic nitrogens is 5. The maximum Gasteiger partial charge on any atom is 0.425 e. The van der Waals surface area contributed by atoms with Crippen LogP contribution in [0.1, 0.15) is 18.9 Å². The van der Waals surface area contributed by atoms with Crippen molar-refractivity contribution in [1.82, 2.24) is 24.7 Å². The largest absolute Gasteiger partial charge is 0.488 e. The van der Waals surface area contributed by atoms with Crippen molar-refractivity contribution < 1.29 is 30.9 Å². The minimum atomic E-state index is -5.01. The van der Waals surface area contributed by atoms with Crippen LogP contribution in [-0.4, -0.2) is 47.5 Å². The molecule has 15 heteroatoms. The predicted octanol–water partition coefficient (Wildman–Crippen LogP) is 3.63. The first-order chi connectivity index (χ1) is 18.3. The van der Waals surface area contributed by atoms with Gasteiger partial charge in [-0.2, -0.15) is 18.3 Å². The summed E-state index contributed by atoms with van der Waals surface area (Å²) in [4.78, 5) is 32.9. The molecular weight excluding hydrogens is 549 g/mol. The van der Waals surface area contributed by atoms with Crippen molar-refractivity contribution in [2.75, 3.05) is 6.26 Å². The van der Waals surface area contributed by atoms with E-state index in [4.69, 9.17) is 4.74 Å². The van der Waals surface area contributed by atoms with Gasteiger partial charge in [0.15, 0.2) is 17.1 Å². The molecule has 0 radical (unpaired) electrons. The second-order valence-corrected chi connectivity index (χ2v) is 9.97. The lowest BCUT2D eigenvalue weighted by Crippen LogP contribution is -2.29. The second-order valence-electron chi connectivity index (χ2n) is 8.59. The van der Waals surface area contributed by atoms with Gasteiger partial charge in [0, 0.05) is 31.3 Å².